The van der Waals surface area contributed by atoms with Crippen molar-refractivity contribution in [3.63, 3.8) is 0 Å². The molecule has 1 aliphatic rings. The molecule has 1 aromatic rings. The molecule has 6 heteroatoms. The number of nitrogens with zero attached hydrogens (tertiary/aromatic N) is 2. The van der Waals surface area contributed by atoms with Crippen molar-refractivity contribution >= 4 is 40.5 Å². The number of anilines is 1. The number of hydrogen-bond acceptors (Lipinski definition) is 4. The lowest BCUT2D eigenvalue weighted by Gasteiger charge is -2.08. The molecule has 0 amide bonds. The molecular formula is C9H11Cl2N3S. The summed E-state index contributed by atoms with van der Waals surface area (Å²) in [7, 11) is 0. The standard InChI is InChI=1S/C9H10ClN3S.ClH/c1-9(2-3-9)5-12-8-6(4-11)7(10)13-14-8;/h12H,2-3,5H2,1H3;1H. The highest BCUT2D eigenvalue weighted by Crippen LogP contribution is 2.45. The zero-order valence-corrected chi connectivity index (χ0v) is 10.6. The highest BCUT2D eigenvalue weighted by Gasteiger charge is 2.37. The smallest absolute Gasteiger partial charge is 0.162 e. The third-order valence-corrected chi connectivity index (χ3v) is 3.72. The average molecular weight is 264 g/mol. The van der Waals surface area contributed by atoms with E-state index in [4.69, 9.17) is 16.9 Å². The number of hydrogen-bond donors (Lipinski definition) is 1. The molecule has 3 nitrogen and oxygen atoms in total. The predicted molar refractivity (Wildman–Crippen MR) is 64.9 cm³/mol. The van der Waals surface area contributed by atoms with Crippen LogP contribution in [0.4, 0.5) is 5.00 Å². The summed E-state index contributed by atoms with van der Waals surface area (Å²) in [5.41, 5.74) is 0.893. The highest BCUT2D eigenvalue weighted by atomic mass is 35.5. The maximum atomic E-state index is 8.83. The Morgan fingerprint density at radius 3 is 2.87 bits per heavy atom. The van der Waals surface area contributed by atoms with Crippen molar-refractivity contribution in [2.75, 3.05) is 11.9 Å². The Bertz CT molecular complexity index is 393. The molecule has 0 atom stereocenters. The minimum Gasteiger partial charge on any atom is -0.374 e. The number of halogens is 2. The van der Waals surface area contributed by atoms with Crippen LogP contribution in [0, 0.1) is 16.7 Å². The van der Waals surface area contributed by atoms with E-state index >= 15 is 0 Å². The van der Waals surface area contributed by atoms with E-state index in [-0.39, 0.29) is 12.4 Å². The zero-order chi connectivity index (χ0) is 10.2. The van der Waals surface area contributed by atoms with Crippen molar-refractivity contribution in [3.05, 3.63) is 10.7 Å². The monoisotopic (exact) mass is 263 g/mol. The molecule has 0 spiro atoms. The van der Waals surface area contributed by atoms with E-state index in [1.54, 1.807) is 0 Å². The third kappa shape index (κ3) is 2.75. The van der Waals surface area contributed by atoms with Crippen LogP contribution in [0.25, 0.3) is 0 Å². The molecule has 1 N–H and O–H groups in total. The maximum absolute atomic E-state index is 8.83. The zero-order valence-electron chi connectivity index (χ0n) is 8.21. The van der Waals surface area contributed by atoms with E-state index in [2.05, 4.69) is 22.7 Å². The molecule has 15 heavy (non-hydrogen) atoms. The van der Waals surface area contributed by atoms with Gasteiger partial charge in [0.25, 0.3) is 0 Å². The van der Waals surface area contributed by atoms with Gasteiger partial charge in [-0.1, -0.05) is 18.5 Å². The van der Waals surface area contributed by atoms with Crippen LogP contribution in [0.3, 0.4) is 0 Å². The van der Waals surface area contributed by atoms with Gasteiger partial charge in [0.1, 0.15) is 16.6 Å². The first kappa shape index (κ1) is 12.6. The summed E-state index contributed by atoms with van der Waals surface area (Å²) < 4.78 is 3.93. The largest absolute Gasteiger partial charge is 0.374 e. The van der Waals surface area contributed by atoms with Gasteiger partial charge >= 0.3 is 0 Å². The van der Waals surface area contributed by atoms with Crippen LogP contribution >= 0.6 is 35.5 Å². The van der Waals surface area contributed by atoms with E-state index in [0.717, 1.165) is 11.5 Å². The van der Waals surface area contributed by atoms with E-state index in [0.29, 0.717) is 16.1 Å². The minimum absolute atomic E-state index is 0. The first-order chi connectivity index (χ1) is 6.64. The van der Waals surface area contributed by atoms with Gasteiger partial charge in [-0.25, -0.2) is 0 Å². The second kappa shape index (κ2) is 4.56. The number of nitriles is 1. The van der Waals surface area contributed by atoms with Gasteiger partial charge in [-0.05, 0) is 29.8 Å². The topological polar surface area (TPSA) is 48.7 Å². The van der Waals surface area contributed by atoms with E-state index < -0.39 is 0 Å². The minimum atomic E-state index is 0. The molecule has 1 saturated carbocycles. The highest BCUT2D eigenvalue weighted by molar-refractivity contribution is 7.10. The molecule has 1 aromatic heterocycles. The first-order valence-electron chi connectivity index (χ1n) is 4.44. The van der Waals surface area contributed by atoms with Gasteiger partial charge in [0.2, 0.25) is 0 Å². The van der Waals surface area contributed by atoms with Crippen LogP contribution in [-0.2, 0) is 0 Å². The Kier molecular flexibility index (Phi) is 3.82. The van der Waals surface area contributed by atoms with E-state index in [1.165, 1.54) is 24.4 Å². The Labute approximate surface area is 104 Å². The Morgan fingerprint density at radius 1 is 1.67 bits per heavy atom. The molecule has 1 heterocycles. The molecule has 0 aromatic carbocycles. The number of nitrogens with one attached hydrogen (secondary N) is 1. The maximum Gasteiger partial charge on any atom is 0.162 e. The molecule has 0 radical (unpaired) electrons. The summed E-state index contributed by atoms with van der Waals surface area (Å²) in [5, 5.41) is 13.2. The molecule has 0 bridgehead atoms. The van der Waals surface area contributed by atoms with Crippen LogP contribution < -0.4 is 5.32 Å². The van der Waals surface area contributed by atoms with Gasteiger partial charge in [-0.2, -0.15) is 9.64 Å². The molecule has 0 saturated heterocycles. The van der Waals surface area contributed by atoms with Crippen molar-refractivity contribution in [2.24, 2.45) is 5.41 Å². The normalized spacial score (nSPS) is 16.3. The van der Waals surface area contributed by atoms with Crippen LogP contribution in [0.5, 0.6) is 0 Å². The lowest BCUT2D eigenvalue weighted by molar-refractivity contribution is 0.611. The summed E-state index contributed by atoms with van der Waals surface area (Å²) in [6.07, 6.45) is 2.52. The molecule has 1 fully saturated rings. The van der Waals surface area contributed by atoms with Crippen molar-refractivity contribution < 1.29 is 0 Å². The quantitative estimate of drug-likeness (QED) is 0.911. The SMILES string of the molecule is CC1(CNc2snc(Cl)c2C#N)CC1.Cl. The van der Waals surface area contributed by atoms with Crippen molar-refractivity contribution in [2.45, 2.75) is 19.8 Å². The fraction of sp³-hybridized carbons (Fsp3) is 0.556. The van der Waals surface area contributed by atoms with Crippen LogP contribution in [0.2, 0.25) is 5.15 Å². The Morgan fingerprint density at radius 2 is 2.33 bits per heavy atom. The van der Waals surface area contributed by atoms with Gasteiger partial charge in [0, 0.05) is 6.54 Å². The van der Waals surface area contributed by atoms with Crippen LogP contribution in [0.1, 0.15) is 25.3 Å². The summed E-state index contributed by atoms with van der Waals surface area (Å²) in [6.45, 7) is 3.13. The number of aromatic nitrogens is 1. The van der Waals surface area contributed by atoms with Gasteiger partial charge in [0.15, 0.2) is 5.15 Å². The van der Waals surface area contributed by atoms with E-state index in [9.17, 15) is 0 Å². The van der Waals surface area contributed by atoms with Crippen LogP contribution in [0.15, 0.2) is 0 Å². The predicted octanol–water partition coefficient (Wildman–Crippen LogP) is 3.30. The summed E-state index contributed by atoms with van der Waals surface area (Å²) in [5.74, 6) is 0. The lowest BCUT2D eigenvalue weighted by Crippen LogP contribution is -2.11. The van der Waals surface area contributed by atoms with Gasteiger partial charge < -0.3 is 5.32 Å². The second-order valence-corrected chi connectivity index (χ2v) is 5.08. The van der Waals surface area contributed by atoms with Crippen LogP contribution in [-0.4, -0.2) is 10.9 Å². The molecule has 82 valence electrons. The molecule has 1 aliphatic carbocycles. The van der Waals surface area contributed by atoms with Crippen molar-refractivity contribution in [3.8, 4) is 6.07 Å². The first-order valence-corrected chi connectivity index (χ1v) is 5.59. The van der Waals surface area contributed by atoms with E-state index in [1.807, 2.05) is 0 Å². The fourth-order valence-corrected chi connectivity index (χ4v) is 2.10. The number of rotatable bonds is 3. The van der Waals surface area contributed by atoms with Gasteiger partial charge in [0.05, 0.1) is 0 Å². The summed E-state index contributed by atoms with van der Waals surface area (Å²) in [4.78, 5) is 0. The molecule has 0 aliphatic heterocycles. The second-order valence-electron chi connectivity index (χ2n) is 3.95. The summed E-state index contributed by atoms with van der Waals surface area (Å²) >= 11 is 7.00. The third-order valence-electron chi connectivity index (χ3n) is 2.54. The summed E-state index contributed by atoms with van der Waals surface area (Å²) in [6, 6.07) is 2.05. The molecule has 0 unspecified atom stereocenters. The molecular weight excluding hydrogens is 253 g/mol. The Hall–Kier alpha value is -0.500. The van der Waals surface area contributed by atoms with Gasteiger partial charge in [-0.15, -0.1) is 12.4 Å². The average Bonchev–Trinajstić information content (AvgIpc) is 2.78. The Balaban J connectivity index is 0.00000112. The molecule has 2 rings (SSSR count). The van der Waals surface area contributed by atoms with Crippen molar-refractivity contribution in [1.29, 1.82) is 5.26 Å². The fourth-order valence-electron chi connectivity index (χ4n) is 1.17. The van der Waals surface area contributed by atoms with Crippen molar-refractivity contribution in [1.82, 2.24) is 4.37 Å². The lowest BCUT2D eigenvalue weighted by atomic mass is 10.1. The van der Waals surface area contributed by atoms with Gasteiger partial charge in [-0.3, -0.25) is 0 Å².